The molecule has 2 heterocycles. The second-order valence-corrected chi connectivity index (χ2v) is 6.23. The lowest BCUT2D eigenvalue weighted by Gasteiger charge is -2.32. The van der Waals surface area contributed by atoms with Gasteiger partial charge in [0.2, 0.25) is 11.8 Å². The highest BCUT2D eigenvalue weighted by atomic mass is 16.4. The summed E-state index contributed by atoms with van der Waals surface area (Å²) in [7, 11) is 0. The van der Waals surface area contributed by atoms with Crippen molar-refractivity contribution >= 4 is 17.8 Å². The molecule has 0 unspecified atom stereocenters. The fourth-order valence-corrected chi connectivity index (χ4v) is 2.78. The molecule has 0 aliphatic carbocycles. The maximum atomic E-state index is 12.3. The highest BCUT2D eigenvalue weighted by Crippen LogP contribution is 2.18. The molecule has 3 N–H and O–H groups in total. The van der Waals surface area contributed by atoms with Crippen LogP contribution < -0.4 is 10.6 Å². The van der Waals surface area contributed by atoms with Gasteiger partial charge in [-0.1, -0.05) is 12.0 Å². The van der Waals surface area contributed by atoms with E-state index in [1.807, 2.05) is 6.08 Å². The van der Waals surface area contributed by atoms with Gasteiger partial charge in [0.1, 0.15) is 6.04 Å². The molecule has 130 valence electrons. The van der Waals surface area contributed by atoms with Crippen molar-refractivity contribution in [2.24, 2.45) is 11.8 Å². The highest BCUT2D eigenvalue weighted by Gasteiger charge is 2.29. The number of aliphatic carboxylic acids is 1. The number of nitrogens with one attached hydrogen (secondary N) is 2. The first-order chi connectivity index (χ1) is 11.5. The second kappa shape index (κ2) is 8.50. The fraction of sp³-hybridized carbons (Fsp3) is 0.588. The van der Waals surface area contributed by atoms with E-state index >= 15 is 0 Å². The van der Waals surface area contributed by atoms with Crippen molar-refractivity contribution in [1.82, 2.24) is 15.5 Å². The van der Waals surface area contributed by atoms with E-state index in [0.29, 0.717) is 25.4 Å². The van der Waals surface area contributed by atoms with Crippen molar-refractivity contribution in [3.8, 4) is 12.3 Å². The van der Waals surface area contributed by atoms with Crippen LogP contribution in [0.1, 0.15) is 19.3 Å². The van der Waals surface area contributed by atoms with E-state index in [-0.39, 0.29) is 24.2 Å². The first kappa shape index (κ1) is 18.0. The maximum absolute atomic E-state index is 12.3. The number of likely N-dealkylation sites (tertiary alicyclic amines) is 1. The molecule has 2 amide bonds. The number of hydrogen-bond donors (Lipinski definition) is 3. The van der Waals surface area contributed by atoms with Gasteiger partial charge in [-0.05, 0) is 18.9 Å². The molecule has 2 rings (SSSR count). The molecule has 24 heavy (non-hydrogen) atoms. The third-order valence-electron chi connectivity index (χ3n) is 4.32. The second-order valence-electron chi connectivity index (χ2n) is 6.23. The summed E-state index contributed by atoms with van der Waals surface area (Å²) in [6.45, 7) is 2.75. The number of carbonyl (C=O) groups excluding carboxylic acids is 2. The lowest BCUT2D eigenvalue weighted by molar-refractivity contribution is -0.137. The van der Waals surface area contributed by atoms with Crippen molar-refractivity contribution in [3.63, 3.8) is 0 Å². The summed E-state index contributed by atoms with van der Waals surface area (Å²) in [6, 6.07) is -0.827. The minimum Gasteiger partial charge on any atom is -0.481 e. The van der Waals surface area contributed by atoms with Crippen molar-refractivity contribution in [1.29, 1.82) is 0 Å². The predicted molar refractivity (Wildman–Crippen MR) is 87.8 cm³/mol. The molecule has 2 aliphatic heterocycles. The topological polar surface area (TPSA) is 98.7 Å². The lowest BCUT2D eigenvalue weighted by Crippen LogP contribution is -2.47. The van der Waals surface area contributed by atoms with Gasteiger partial charge in [-0.15, -0.1) is 6.42 Å². The minimum atomic E-state index is -1.06. The number of terminal acetylenes is 1. The molecule has 2 saturated heterocycles. The summed E-state index contributed by atoms with van der Waals surface area (Å²) in [5.41, 5.74) is 0. The molecule has 0 spiro atoms. The van der Waals surface area contributed by atoms with E-state index in [0.717, 1.165) is 19.5 Å². The summed E-state index contributed by atoms with van der Waals surface area (Å²) in [5.74, 6) is 0.891. The number of amides is 2. The molecule has 2 atom stereocenters. The molecule has 0 radical (unpaired) electrons. The van der Waals surface area contributed by atoms with Gasteiger partial charge < -0.3 is 20.6 Å². The number of hydrogen-bond acceptors (Lipinski definition) is 4. The SMILES string of the molecule is C#C[C@H](CC(=O)O)NC(=O)[C@@H]1CCCN(C(=O)/C=C/C2CNC2)C1. The molecule has 0 aromatic carbocycles. The highest BCUT2D eigenvalue weighted by molar-refractivity contribution is 5.88. The molecule has 7 nitrogen and oxygen atoms in total. The zero-order valence-corrected chi connectivity index (χ0v) is 13.5. The van der Waals surface area contributed by atoms with Gasteiger partial charge in [0.15, 0.2) is 0 Å². The van der Waals surface area contributed by atoms with Crippen LogP contribution in [0.25, 0.3) is 0 Å². The van der Waals surface area contributed by atoms with Gasteiger partial charge in [-0.25, -0.2) is 0 Å². The predicted octanol–water partition coefficient (Wildman–Crippen LogP) is -0.407. The Morgan fingerprint density at radius 3 is 2.75 bits per heavy atom. The zero-order chi connectivity index (χ0) is 17.5. The summed E-state index contributed by atoms with van der Waals surface area (Å²) >= 11 is 0. The monoisotopic (exact) mass is 333 g/mol. The van der Waals surface area contributed by atoms with E-state index < -0.39 is 12.0 Å². The summed E-state index contributed by atoms with van der Waals surface area (Å²) in [6.07, 6.45) is 9.84. The van der Waals surface area contributed by atoms with Crippen LogP contribution in [0.2, 0.25) is 0 Å². The van der Waals surface area contributed by atoms with Crippen molar-refractivity contribution in [2.45, 2.75) is 25.3 Å². The normalized spacial score (nSPS) is 22.5. The third-order valence-corrected chi connectivity index (χ3v) is 4.32. The lowest BCUT2D eigenvalue weighted by atomic mass is 9.96. The van der Waals surface area contributed by atoms with Gasteiger partial charge in [0.05, 0.1) is 12.3 Å². The number of rotatable bonds is 6. The number of carbonyl (C=O) groups is 3. The Balaban J connectivity index is 1.85. The quantitative estimate of drug-likeness (QED) is 0.453. The molecule has 7 heteroatoms. The molecule has 2 fully saturated rings. The van der Waals surface area contributed by atoms with Gasteiger partial charge in [0, 0.05) is 32.1 Å². The molecular formula is C17H23N3O4. The molecule has 0 aromatic rings. The third kappa shape index (κ3) is 5.10. The van der Waals surface area contributed by atoms with E-state index in [4.69, 9.17) is 11.5 Å². The van der Waals surface area contributed by atoms with Gasteiger partial charge in [-0.2, -0.15) is 0 Å². The van der Waals surface area contributed by atoms with Crippen molar-refractivity contribution in [3.05, 3.63) is 12.2 Å². The van der Waals surface area contributed by atoms with Crippen LogP contribution in [0, 0.1) is 24.2 Å². The molecular weight excluding hydrogens is 310 g/mol. The van der Waals surface area contributed by atoms with Gasteiger partial charge in [0.25, 0.3) is 0 Å². The number of carboxylic acids is 1. The van der Waals surface area contributed by atoms with Gasteiger partial charge >= 0.3 is 5.97 Å². The summed E-state index contributed by atoms with van der Waals surface area (Å²) in [4.78, 5) is 36.9. The van der Waals surface area contributed by atoms with Crippen LogP contribution in [0.3, 0.4) is 0 Å². The smallest absolute Gasteiger partial charge is 0.306 e. The van der Waals surface area contributed by atoms with Crippen LogP contribution in [-0.2, 0) is 14.4 Å². The molecule has 0 aromatic heterocycles. The van der Waals surface area contributed by atoms with E-state index in [2.05, 4.69) is 16.6 Å². The van der Waals surface area contributed by atoms with Crippen LogP contribution in [0.15, 0.2) is 12.2 Å². The average molecular weight is 333 g/mol. The standard InChI is InChI=1S/C17H23N3O4/c1-2-14(8-16(22)23)19-17(24)13-4-3-7-20(11-13)15(21)6-5-12-9-18-10-12/h1,5-6,12-14,18H,3-4,7-11H2,(H,19,24)(H,22,23)/b6-5+/t13-,14-/m1/s1. The summed E-state index contributed by atoms with van der Waals surface area (Å²) < 4.78 is 0. The first-order valence-electron chi connectivity index (χ1n) is 8.15. The van der Waals surface area contributed by atoms with Crippen molar-refractivity contribution < 1.29 is 19.5 Å². The number of nitrogens with zero attached hydrogens (tertiary/aromatic N) is 1. The summed E-state index contributed by atoms with van der Waals surface area (Å²) in [5, 5.41) is 14.5. The Morgan fingerprint density at radius 2 is 2.17 bits per heavy atom. The fourth-order valence-electron chi connectivity index (χ4n) is 2.78. The van der Waals surface area contributed by atoms with Gasteiger partial charge in [-0.3, -0.25) is 14.4 Å². The molecule has 0 saturated carbocycles. The first-order valence-corrected chi connectivity index (χ1v) is 8.15. The number of carboxylic acid groups (broad SMARTS) is 1. The molecule has 0 bridgehead atoms. The Bertz CT molecular complexity index is 563. The Morgan fingerprint density at radius 1 is 1.42 bits per heavy atom. The van der Waals surface area contributed by atoms with Crippen LogP contribution in [0.5, 0.6) is 0 Å². The molecule has 2 aliphatic rings. The Kier molecular flexibility index (Phi) is 6.38. The Labute approximate surface area is 141 Å². The van der Waals surface area contributed by atoms with E-state index in [1.165, 1.54) is 0 Å². The number of piperidine rings is 1. The minimum absolute atomic E-state index is 0.0848. The van der Waals surface area contributed by atoms with Crippen molar-refractivity contribution in [2.75, 3.05) is 26.2 Å². The van der Waals surface area contributed by atoms with Crippen LogP contribution in [0.4, 0.5) is 0 Å². The van der Waals surface area contributed by atoms with Crippen LogP contribution in [-0.4, -0.2) is 60.0 Å². The van der Waals surface area contributed by atoms with E-state index in [9.17, 15) is 14.4 Å². The van der Waals surface area contributed by atoms with Crippen LogP contribution >= 0.6 is 0 Å². The Hall–Kier alpha value is -2.33. The average Bonchev–Trinajstić information content (AvgIpc) is 2.52. The van der Waals surface area contributed by atoms with E-state index in [1.54, 1.807) is 11.0 Å². The maximum Gasteiger partial charge on any atom is 0.306 e. The largest absolute Gasteiger partial charge is 0.481 e. The zero-order valence-electron chi connectivity index (χ0n) is 13.5.